The highest BCUT2D eigenvalue weighted by Crippen LogP contribution is 2.24. The molecular weight excluding hydrogens is 318 g/mol. The van der Waals surface area contributed by atoms with Crippen molar-refractivity contribution in [1.29, 1.82) is 0 Å². The Morgan fingerprint density at radius 2 is 1.87 bits per heavy atom. The van der Waals surface area contributed by atoms with Gasteiger partial charge in [-0.25, -0.2) is 0 Å². The van der Waals surface area contributed by atoms with Gasteiger partial charge in [0, 0.05) is 26.6 Å². The largest absolute Gasteiger partial charge is 0.378 e. The second-order valence-electron chi connectivity index (χ2n) is 6.51. The molecule has 2 aliphatic heterocycles. The highest BCUT2D eigenvalue weighted by Gasteiger charge is 2.25. The Kier molecular flexibility index (Phi) is 8.87. The summed E-state index contributed by atoms with van der Waals surface area (Å²) in [4.78, 5) is 27.9. The van der Waals surface area contributed by atoms with Gasteiger partial charge in [-0.15, -0.1) is 12.4 Å². The van der Waals surface area contributed by atoms with Crippen molar-refractivity contribution in [1.82, 2.24) is 15.1 Å². The van der Waals surface area contributed by atoms with Crippen LogP contribution >= 0.6 is 12.4 Å². The minimum atomic E-state index is 0. The molecule has 2 saturated heterocycles. The van der Waals surface area contributed by atoms with Crippen LogP contribution in [0.5, 0.6) is 0 Å². The van der Waals surface area contributed by atoms with Gasteiger partial charge in [0.1, 0.15) is 0 Å². The summed E-state index contributed by atoms with van der Waals surface area (Å²) < 4.78 is 5.24. The van der Waals surface area contributed by atoms with Gasteiger partial charge in [-0.05, 0) is 37.8 Å². The second-order valence-corrected chi connectivity index (χ2v) is 6.51. The summed E-state index contributed by atoms with van der Waals surface area (Å²) in [7, 11) is 1.73. The topological polar surface area (TPSA) is 61.9 Å². The number of carbonyl (C=O) groups is 2. The molecule has 2 aliphatic rings. The fraction of sp³-hybridized carbons (Fsp3) is 0.875. The van der Waals surface area contributed by atoms with Crippen LogP contribution < -0.4 is 5.32 Å². The van der Waals surface area contributed by atoms with Gasteiger partial charge in [0.2, 0.25) is 11.8 Å². The molecule has 0 aliphatic carbocycles. The summed E-state index contributed by atoms with van der Waals surface area (Å²) >= 11 is 0. The number of hydrogen-bond donors (Lipinski definition) is 1. The third kappa shape index (κ3) is 6.28. The minimum Gasteiger partial charge on any atom is -0.378 e. The summed E-state index contributed by atoms with van der Waals surface area (Å²) in [5.74, 6) is 1.10. The Labute approximate surface area is 145 Å². The second kappa shape index (κ2) is 10.1. The summed E-state index contributed by atoms with van der Waals surface area (Å²) in [6.45, 7) is 6.89. The third-order valence-electron chi connectivity index (χ3n) is 4.85. The number of amides is 2. The highest BCUT2D eigenvalue weighted by molar-refractivity contribution is 5.85. The van der Waals surface area contributed by atoms with E-state index in [1.54, 1.807) is 16.8 Å². The molecule has 2 rings (SSSR count). The normalized spacial score (nSPS) is 20.5. The fourth-order valence-electron chi connectivity index (χ4n) is 3.22. The van der Waals surface area contributed by atoms with Crippen molar-refractivity contribution in [3.8, 4) is 0 Å². The molecule has 0 saturated carbocycles. The molecule has 23 heavy (non-hydrogen) atoms. The maximum atomic E-state index is 12.3. The summed E-state index contributed by atoms with van der Waals surface area (Å²) in [6.07, 6.45) is 2.83. The molecule has 1 N–H and O–H groups in total. The van der Waals surface area contributed by atoms with Crippen LogP contribution in [0, 0.1) is 11.8 Å². The predicted molar refractivity (Wildman–Crippen MR) is 91.7 cm³/mol. The Bertz CT molecular complexity index is 383. The molecule has 0 spiro atoms. The van der Waals surface area contributed by atoms with Crippen LogP contribution in [0.4, 0.5) is 0 Å². The maximum Gasteiger partial charge on any atom is 0.242 e. The first-order chi connectivity index (χ1) is 10.6. The van der Waals surface area contributed by atoms with E-state index in [-0.39, 0.29) is 30.8 Å². The SMILES string of the molecule is CC(CC(=O)N(C)CC(=O)N1CCOCC1)C1CCNCC1.Cl. The summed E-state index contributed by atoms with van der Waals surface area (Å²) in [6, 6.07) is 0. The lowest BCUT2D eigenvalue weighted by atomic mass is 9.84. The predicted octanol–water partition coefficient (Wildman–Crippen LogP) is 0.751. The third-order valence-corrected chi connectivity index (χ3v) is 4.85. The van der Waals surface area contributed by atoms with Crippen LogP contribution in [0.3, 0.4) is 0 Å². The number of morpholine rings is 1. The number of rotatable bonds is 5. The molecular formula is C16H30ClN3O3. The number of ether oxygens (including phenoxy) is 1. The molecule has 1 unspecified atom stereocenters. The molecule has 0 radical (unpaired) electrons. The van der Waals surface area contributed by atoms with Gasteiger partial charge in [-0.3, -0.25) is 9.59 Å². The van der Waals surface area contributed by atoms with Crippen molar-refractivity contribution in [3.05, 3.63) is 0 Å². The van der Waals surface area contributed by atoms with E-state index in [1.807, 2.05) is 0 Å². The van der Waals surface area contributed by atoms with E-state index < -0.39 is 0 Å². The number of hydrogen-bond acceptors (Lipinski definition) is 4. The summed E-state index contributed by atoms with van der Waals surface area (Å²) in [5, 5.41) is 3.35. The zero-order valence-corrected chi connectivity index (χ0v) is 15.1. The molecule has 6 nitrogen and oxygen atoms in total. The van der Waals surface area contributed by atoms with E-state index >= 15 is 0 Å². The van der Waals surface area contributed by atoms with Crippen LogP contribution in [0.1, 0.15) is 26.2 Å². The quantitative estimate of drug-likeness (QED) is 0.797. The van der Waals surface area contributed by atoms with Crippen molar-refractivity contribution in [2.75, 3.05) is 53.0 Å². The Morgan fingerprint density at radius 1 is 1.26 bits per heavy atom. The van der Waals surface area contributed by atoms with E-state index in [1.165, 1.54) is 0 Å². The highest BCUT2D eigenvalue weighted by atomic mass is 35.5. The first-order valence-electron chi connectivity index (χ1n) is 8.38. The number of likely N-dealkylation sites (N-methyl/N-ethyl adjacent to an activating group) is 1. The number of carbonyl (C=O) groups excluding carboxylic acids is 2. The van der Waals surface area contributed by atoms with Crippen molar-refractivity contribution in [2.24, 2.45) is 11.8 Å². The average molecular weight is 348 g/mol. The fourth-order valence-corrected chi connectivity index (χ4v) is 3.22. The van der Waals surface area contributed by atoms with Crippen LogP contribution in [0.2, 0.25) is 0 Å². The van der Waals surface area contributed by atoms with E-state index in [9.17, 15) is 9.59 Å². The van der Waals surface area contributed by atoms with E-state index in [0.717, 1.165) is 25.9 Å². The van der Waals surface area contributed by atoms with Crippen molar-refractivity contribution in [2.45, 2.75) is 26.2 Å². The number of nitrogens with one attached hydrogen (secondary N) is 1. The molecule has 2 heterocycles. The Hall–Kier alpha value is -0.850. The lowest BCUT2D eigenvalue weighted by Crippen LogP contribution is -2.46. The Morgan fingerprint density at radius 3 is 2.48 bits per heavy atom. The smallest absolute Gasteiger partial charge is 0.242 e. The maximum absolute atomic E-state index is 12.3. The molecule has 0 aromatic carbocycles. The average Bonchev–Trinajstić information content (AvgIpc) is 2.56. The zero-order chi connectivity index (χ0) is 15.9. The molecule has 1 atom stereocenters. The molecule has 134 valence electrons. The van der Waals surface area contributed by atoms with Gasteiger partial charge in [-0.1, -0.05) is 6.92 Å². The van der Waals surface area contributed by atoms with Gasteiger partial charge >= 0.3 is 0 Å². The monoisotopic (exact) mass is 347 g/mol. The number of piperidine rings is 1. The number of halogens is 1. The van der Waals surface area contributed by atoms with Gasteiger partial charge in [-0.2, -0.15) is 0 Å². The lowest BCUT2D eigenvalue weighted by Gasteiger charge is -2.30. The first kappa shape index (κ1) is 20.2. The lowest BCUT2D eigenvalue weighted by molar-refractivity contribution is -0.142. The molecule has 2 amide bonds. The van der Waals surface area contributed by atoms with Crippen LogP contribution in [0.25, 0.3) is 0 Å². The van der Waals surface area contributed by atoms with Gasteiger partial charge in [0.25, 0.3) is 0 Å². The van der Waals surface area contributed by atoms with Gasteiger partial charge in [0.05, 0.1) is 19.8 Å². The molecule has 0 aromatic rings. The van der Waals surface area contributed by atoms with Crippen LogP contribution in [0.15, 0.2) is 0 Å². The van der Waals surface area contributed by atoms with E-state index in [2.05, 4.69) is 12.2 Å². The van der Waals surface area contributed by atoms with Gasteiger partial charge < -0.3 is 19.9 Å². The minimum absolute atomic E-state index is 0. The van der Waals surface area contributed by atoms with Crippen molar-refractivity contribution >= 4 is 24.2 Å². The zero-order valence-electron chi connectivity index (χ0n) is 14.3. The van der Waals surface area contributed by atoms with Gasteiger partial charge in [0.15, 0.2) is 0 Å². The molecule has 0 bridgehead atoms. The van der Waals surface area contributed by atoms with Crippen molar-refractivity contribution in [3.63, 3.8) is 0 Å². The first-order valence-corrected chi connectivity index (χ1v) is 8.38. The molecule has 0 aromatic heterocycles. The van der Waals surface area contributed by atoms with E-state index in [0.29, 0.717) is 44.6 Å². The van der Waals surface area contributed by atoms with Crippen LogP contribution in [-0.2, 0) is 14.3 Å². The Balaban J connectivity index is 0.00000264. The van der Waals surface area contributed by atoms with Crippen LogP contribution in [-0.4, -0.2) is 74.6 Å². The standard InChI is InChI=1S/C16H29N3O3.ClH/c1-13(14-3-5-17-6-4-14)11-15(20)18(2)12-16(21)19-7-9-22-10-8-19;/h13-14,17H,3-12H2,1-2H3;1H. The summed E-state index contributed by atoms with van der Waals surface area (Å²) in [5.41, 5.74) is 0. The molecule has 7 heteroatoms. The van der Waals surface area contributed by atoms with E-state index in [4.69, 9.17) is 4.74 Å². The molecule has 2 fully saturated rings. The number of nitrogens with zero attached hydrogens (tertiary/aromatic N) is 2. The van der Waals surface area contributed by atoms with Crippen molar-refractivity contribution < 1.29 is 14.3 Å².